The number of fused-ring (bicyclic) bond motifs is 1. The van der Waals surface area contributed by atoms with Crippen molar-refractivity contribution in [2.45, 2.75) is 47.3 Å². The standard InChI is InChI=1S/C14H20N4O/c1-9-11(3)18-6-5-17(7-13(18)15-9)8-14-16-10(2)12(4)19-14/h5-8H2,1-4H3. The topological polar surface area (TPSA) is 47.1 Å². The van der Waals surface area contributed by atoms with E-state index in [0.29, 0.717) is 0 Å². The highest BCUT2D eigenvalue weighted by Gasteiger charge is 2.21. The number of oxazole rings is 1. The van der Waals surface area contributed by atoms with Crippen molar-refractivity contribution in [3.8, 4) is 0 Å². The van der Waals surface area contributed by atoms with Gasteiger partial charge in [-0.05, 0) is 27.7 Å². The van der Waals surface area contributed by atoms with E-state index in [4.69, 9.17) is 4.42 Å². The molecule has 0 unspecified atom stereocenters. The summed E-state index contributed by atoms with van der Waals surface area (Å²) in [4.78, 5) is 11.4. The Hall–Kier alpha value is -1.62. The van der Waals surface area contributed by atoms with Crippen molar-refractivity contribution >= 4 is 0 Å². The lowest BCUT2D eigenvalue weighted by molar-refractivity contribution is 0.188. The summed E-state index contributed by atoms with van der Waals surface area (Å²) in [5.41, 5.74) is 3.41. The Morgan fingerprint density at radius 3 is 2.53 bits per heavy atom. The molecule has 0 fully saturated rings. The van der Waals surface area contributed by atoms with E-state index in [1.54, 1.807) is 0 Å². The minimum absolute atomic E-state index is 0.764. The Bertz CT molecular complexity index is 592. The normalized spacial score (nSPS) is 15.8. The van der Waals surface area contributed by atoms with E-state index < -0.39 is 0 Å². The van der Waals surface area contributed by atoms with Crippen LogP contribution >= 0.6 is 0 Å². The molecule has 102 valence electrons. The number of imidazole rings is 1. The van der Waals surface area contributed by atoms with Gasteiger partial charge in [-0.15, -0.1) is 0 Å². The summed E-state index contributed by atoms with van der Waals surface area (Å²) in [5, 5.41) is 0. The summed E-state index contributed by atoms with van der Waals surface area (Å²) in [6, 6.07) is 0. The maximum Gasteiger partial charge on any atom is 0.208 e. The minimum Gasteiger partial charge on any atom is -0.444 e. The van der Waals surface area contributed by atoms with Gasteiger partial charge in [-0.3, -0.25) is 4.90 Å². The van der Waals surface area contributed by atoms with E-state index in [1.165, 1.54) is 5.69 Å². The zero-order chi connectivity index (χ0) is 13.6. The number of nitrogens with zero attached hydrogens (tertiary/aromatic N) is 4. The first kappa shape index (κ1) is 12.4. The lowest BCUT2D eigenvalue weighted by atomic mass is 10.3. The minimum atomic E-state index is 0.764. The van der Waals surface area contributed by atoms with Gasteiger partial charge in [-0.25, -0.2) is 9.97 Å². The fourth-order valence-corrected chi connectivity index (χ4v) is 2.59. The summed E-state index contributed by atoms with van der Waals surface area (Å²) in [5.74, 6) is 2.88. The Balaban J connectivity index is 1.75. The van der Waals surface area contributed by atoms with E-state index in [2.05, 4.69) is 33.3 Å². The van der Waals surface area contributed by atoms with E-state index in [-0.39, 0.29) is 0 Å². The van der Waals surface area contributed by atoms with Gasteiger partial charge in [0.25, 0.3) is 0 Å². The summed E-state index contributed by atoms with van der Waals surface area (Å²) in [6.45, 7) is 11.8. The highest BCUT2D eigenvalue weighted by Crippen LogP contribution is 2.19. The Labute approximate surface area is 113 Å². The molecule has 0 spiro atoms. The van der Waals surface area contributed by atoms with Gasteiger partial charge in [0.15, 0.2) is 0 Å². The van der Waals surface area contributed by atoms with Crippen LogP contribution in [0.1, 0.15) is 34.6 Å². The Kier molecular flexibility index (Phi) is 2.93. The molecule has 0 aliphatic carbocycles. The summed E-state index contributed by atoms with van der Waals surface area (Å²) < 4.78 is 7.97. The van der Waals surface area contributed by atoms with Crippen molar-refractivity contribution in [2.75, 3.05) is 6.54 Å². The number of aryl methyl sites for hydroxylation is 3. The molecule has 0 radical (unpaired) electrons. The van der Waals surface area contributed by atoms with Crippen molar-refractivity contribution in [1.82, 2.24) is 19.4 Å². The van der Waals surface area contributed by atoms with Crippen molar-refractivity contribution in [3.63, 3.8) is 0 Å². The predicted molar refractivity (Wildman–Crippen MR) is 71.8 cm³/mol. The second kappa shape index (κ2) is 4.49. The molecule has 5 heteroatoms. The van der Waals surface area contributed by atoms with Crippen molar-refractivity contribution in [3.05, 3.63) is 34.6 Å². The number of hydrogen-bond acceptors (Lipinski definition) is 4. The first-order valence-electron chi connectivity index (χ1n) is 6.72. The zero-order valence-electron chi connectivity index (χ0n) is 12.0. The molecule has 1 aliphatic heterocycles. The molecule has 2 aromatic rings. The number of rotatable bonds is 2. The third-order valence-corrected chi connectivity index (χ3v) is 3.97. The fraction of sp³-hybridized carbons (Fsp3) is 0.571. The van der Waals surface area contributed by atoms with Crippen LogP contribution in [0.5, 0.6) is 0 Å². The largest absolute Gasteiger partial charge is 0.444 e. The monoisotopic (exact) mass is 260 g/mol. The molecular formula is C14H20N4O. The second-order valence-corrected chi connectivity index (χ2v) is 5.31. The molecule has 0 atom stereocenters. The molecule has 0 aromatic carbocycles. The third kappa shape index (κ3) is 2.18. The van der Waals surface area contributed by atoms with Crippen LogP contribution in [0.15, 0.2) is 4.42 Å². The van der Waals surface area contributed by atoms with Gasteiger partial charge in [0, 0.05) is 18.8 Å². The molecule has 19 heavy (non-hydrogen) atoms. The van der Waals surface area contributed by atoms with E-state index in [1.807, 2.05) is 13.8 Å². The summed E-state index contributed by atoms with van der Waals surface area (Å²) in [6.07, 6.45) is 0. The van der Waals surface area contributed by atoms with E-state index in [0.717, 1.165) is 55.0 Å². The van der Waals surface area contributed by atoms with Crippen LogP contribution in [0.2, 0.25) is 0 Å². The van der Waals surface area contributed by atoms with Gasteiger partial charge in [-0.1, -0.05) is 0 Å². The average molecular weight is 260 g/mol. The SMILES string of the molecule is Cc1nc(CN2CCn3c(nc(C)c3C)C2)oc1C. The van der Waals surface area contributed by atoms with Crippen LogP contribution in [-0.4, -0.2) is 26.0 Å². The van der Waals surface area contributed by atoms with Crippen molar-refractivity contribution in [1.29, 1.82) is 0 Å². The van der Waals surface area contributed by atoms with Gasteiger partial charge in [-0.2, -0.15) is 0 Å². The van der Waals surface area contributed by atoms with Crippen LogP contribution < -0.4 is 0 Å². The van der Waals surface area contributed by atoms with E-state index in [9.17, 15) is 0 Å². The van der Waals surface area contributed by atoms with Gasteiger partial charge in [0.05, 0.1) is 24.5 Å². The maximum absolute atomic E-state index is 5.65. The van der Waals surface area contributed by atoms with E-state index >= 15 is 0 Å². The Morgan fingerprint density at radius 1 is 1.05 bits per heavy atom. The molecule has 0 saturated carbocycles. The van der Waals surface area contributed by atoms with Crippen LogP contribution in [0.4, 0.5) is 0 Å². The summed E-state index contributed by atoms with van der Waals surface area (Å²) in [7, 11) is 0. The van der Waals surface area contributed by atoms with Gasteiger partial charge >= 0.3 is 0 Å². The highest BCUT2D eigenvalue weighted by atomic mass is 16.4. The lowest BCUT2D eigenvalue weighted by Crippen LogP contribution is -2.33. The molecule has 0 N–H and O–H groups in total. The highest BCUT2D eigenvalue weighted by molar-refractivity contribution is 5.15. The third-order valence-electron chi connectivity index (χ3n) is 3.97. The molecule has 0 saturated heterocycles. The average Bonchev–Trinajstić information content (AvgIpc) is 2.81. The smallest absolute Gasteiger partial charge is 0.208 e. The molecular weight excluding hydrogens is 240 g/mol. The maximum atomic E-state index is 5.65. The molecule has 0 amide bonds. The quantitative estimate of drug-likeness (QED) is 0.830. The molecule has 3 heterocycles. The molecule has 1 aliphatic rings. The number of aromatic nitrogens is 3. The molecule has 2 aromatic heterocycles. The van der Waals surface area contributed by atoms with Crippen molar-refractivity contribution in [2.24, 2.45) is 0 Å². The first-order chi connectivity index (χ1) is 9.04. The molecule has 3 rings (SSSR count). The van der Waals surface area contributed by atoms with Gasteiger partial charge in [0.1, 0.15) is 11.6 Å². The first-order valence-corrected chi connectivity index (χ1v) is 6.72. The predicted octanol–water partition coefficient (Wildman–Crippen LogP) is 2.12. The van der Waals surface area contributed by atoms with Crippen molar-refractivity contribution < 1.29 is 4.42 Å². The summed E-state index contributed by atoms with van der Waals surface area (Å²) >= 11 is 0. The van der Waals surface area contributed by atoms with Crippen LogP contribution in [-0.2, 0) is 19.6 Å². The zero-order valence-corrected chi connectivity index (χ0v) is 12.0. The van der Waals surface area contributed by atoms with Gasteiger partial charge in [0.2, 0.25) is 5.89 Å². The second-order valence-electron chi connectivity index (χ2n) is 5.31. The molecule has 0 bridgehead atoms. The Morgan fingerprint density at radius 2 is 1.84 bits per heavy atom. The lowest BCUT2D eigenvalue weighted by Gasteiger charge is -2.26. The van der Waals surface area contributed by atoms with Crippen LogP contribution in [0.25, 0.3) is 0 Å². The fourth-order valence-electron chi connectivity index (χ4n) is 2.59. The number of hydrogen-bond donors (Lipinski definition) is 0. The van der Waals surface area contributed by atoms with Crippen LogP contribution in [0, 0.1) is 27.7 Å². The van der Waals surface area contributed by atoms with Gasteiger partial charge < -0.3 is 8.98 Å². The van der Waals surface area contributed by atoms with Crippen LogP contribution in [0.3, 0.4) is 0 Å². The molecule has 5 nitrogen and oxygen atoms in total.